The Bertz CT molecular complexity index is 759. The van der Waals surface area contributed by atoms with Crippen molar-refractivity contribution in [1.82, 2.24) is 4.57 Å². The van der Waals surface area contributed by atoms with Crippen LogP contribution in [-0.4, -0.2) is 30.2 Å². The molecule has 1 fully saturated rings. The number of quaternary nitrogens is 1. The zero-order chi connectivity index (χ0) is 16.4. The molecule has 0 atom stereocenters. The highest BCUT2D eigenvalue weighted by Gasteiger charge is 2.29. The number of fused-ring (bicyclic) bond motifs is 1. The Labute approximate surface area is 138 Å². The van der Waals surface area contributed by atoms with E-state index < -0.39 is 0 Å². The van der Waals surface area contributed by atoms with Gasteiger partial charge in [0.25, 0.3) is 0 Å². The van der Waals surface area contributed by atoms with Gasteiger partial charge in [-0.3, -0.25) is 4.79 Å². The van der Waals surface area contributed by atoms with Crippen LogP contribution in [0.1, 0.15) is 19.8 Å². The lowest BCUT2D eigenvalue weighted by molar-refractivity contribution is -0.928. The zero-order valence-corrected chi connectivity index (χ0v) is 13.8. The van der Waals surface area contributed by atoms with Gasteiger partial charge in [-0.2, -0.15) is 0 Å². The standard InChI is InChI=1S/C16H19ClN2O4/c1-2-22-15(20)11-5-7-18(8-6-11)10-19-13-4-3-12(17)9-14(13)23-16(19)21/h3-4,9,11H,2,5-8,10H2,1H3/p+1. The van der Waals surface area contributed by atoms with Crippen LogP contribution in [0, 0.1) is 5.92 Å². The number of piperidine rings is 1. The molecule has 3 rings (SSSR count). The number of oxazole rings is 1. The van der Waals surface area contributed by atoms with Gasteiger partial charge in [-0.05, 0) is 19.1 Å². The van der Waals surface area contributed by atoms with Crippen LogP contribution in [0.5, 0.6) is 0 Å². The number of aromatic nitrogens is 1. The maximum Gasteiger partial charge on any atom is 0.424 e. The van der Waals surface area contributed by atoms with Crippen molar-refractivity contribution in [1.29, 1.82) is 0 Å². The number of ether oxygens (including phenoxy) is 1. The summed E-state index contributed by atoms with van der Waals surface area (Å²) in [7, 11) is 0. The Morgan fingerprint density at radius 3 is 2.87 bits per heavy atom. The summed E-state index contributed by atoms with van der Waals surface area (Å²) in [5.41, 5.74) is 1.25. The van der Waals surface area contributed by atoms with E-state index in [1.807, 2.05) is 6.92 Å². The van der Waals surface area contributed by atoms with Crippen LogP contribution in [0.4, 0.5) is 0 Å². The Kier molecular flexibility index (Phi) is 4.73. The summed E-state index contributed by atoms with van der Waals surface area (Å²) in [6, 6.07) is 5.20. The topological polar surface area (TPSA) is 65.9 Å². The minimum Gasteiger partial charge on any atom is -0.466 e. The first-order valence-electron chi connectivity index (χ1n) is 7.87. The Morgan fingerprint density at radius 2 is 2.17 bits per heavy atom. The van der Waals surface area contributed by atoms with Crippen molar-refractivity contribution in [2.45, 2.75) is 26.4 Å². The molecular formula is C16H20ClN2O4+. The van der Waals surface area contributed by atoms with Gasteiger partial charge in [0.15, 0.2) is 12.3 Å². The van der Waals surface area contributed by atoms with Crippen LogP contribution in [0.2, 0.25) is 5.02 Å². The predicted molar refractivity (Wildman–Crippen MR) is 85.5 cm³/mol. The van der Waals surface area contributed by atoms with E-state index >= 15 is 0 Å². The number of halogens is 1. The molecule has 0 aliphatic carbocycles. The Balaban J connectivity index is 1.69. The summed E-state index contributed by atoms with van der Waals surface area (Å²) in [4.78, 5) is 25.1. The SMILES string of the molecule is CCOC(=O)C1CC[NH+](Cn2c(=O)oc3cc(Cl)ccc32)CC1. The number of benzene rings is 1. The number of hydrogen-bond acceptors (Lipinski definition) is 4. The third kappa shape index (κ3) is 3.43. The van der Waals surface area contributed by atoms with Crippen LogP contribution in [0.3, 0.4) is 0 Å². The third-order valence-electron chi connectivity index (χ3n) is 4.32. The normalized spacial score (nSPS) is 21.5. The van der Waals surface area contributed by atoms with Crippen molar-refractivity contribution in [3.63, 3.8) is 0 Å². The zero-order valence-electron chi connectivity index (χ0n) is 13.0. The van der Waals surface area contributed by atoms with Crippen LogP contribution < -0.4 is 10.7 Å². The average Bonchev–Trinajstić information content (AvgIpc) is 2.83. The number of nitrogens with one attached hydrogen (secondary N) is 1. The number of nitrogens with zero attached hydrogens (tertiary/aromatic N) is 1. The molecule has 0 radical (unpaired) electrons. The van der Waals surface area contributed by atoms with Gasteiger partial charge in [0, 0.05) is 23.9 Å². The Morgan fingerprint density at radius 1 is 1.43 bits per heavy atom. The number of esters is 1. The fourth-order valence-corrected chi connectivity index (χ4v) is 3.26. The summed E-state index contributed by atoms with van der Waals surface area (Å²) < 4.78 is 12.0. The second kappa shape index (κ2) is 6.76. The smallest absolute Gasteiger partial charge is 0.424 e. The van der Waals surface area contributed by atoms with Gasteiger partial charge in [-0.1, -0.05) is 11.6 Å². The van der Waals surface area contributed by atoms with Gasteiger partial charge >= 0.3 is 11.7 Å². The lowest BCUT2D eigenvalue weighted by Gasteiger charge is -2.27. The summed E-state index contributed by atoms with van der Waals surface area (Å²) in [6.07, 6.45) is 1.56. The molecule has 0 unspecified atom stereocenters. The van der Waals surface area contributed by atoms with Crippen LogP contribution in [-0.2, 0) is 16.2 Å². The first-order valence-corrected chi connectivity index (χ1v) is 8.25. The molecule has 2 heterocycles. The molecule has 0 amide bonds. The number of carbonyl (C=O) groups is 1. The molecule has 1 aromatic carbocycles. The highest BCUT2D eigenvalue weighted by atomic mass is 35.5. The quantitative estimate of drug-likeness (QED) is 0.846. The number of rotatable bonds is 4. The second-order valence-corrected chi connectivity index (χ2v) is 6.28. The summed E-state index contributed by atoms with van der Waals surface area (Å²) in [6.45, 7) is 4.43. The molecule has 7 heteroatoms. The second-order valence-electron chi connectivity index (χ2n) is 5.84. The van der Waals surface area contributed by atoms with Gasteiger partial charge in [-0.15, -0.1) is 0 Å². The van der Waals surface area contributed by atoms with Crippen molar-refractivity contribution in [3.05, 3.63) is 33.8 Å². The molecule has 6 nitrogen and oxygen atoms in total. The molecule has 124 valence electrons. The minimum absolute atomic E-state index is 0.0182. The predicted octanol–water partition coefficient (Wildman–Crippen LogP) is 1.06. The van der Waals surface area contributed by atoms with E-state index in [0.717, 1.165) is 31.4 Å². The molecule has 1 aliphatic rings. The van der Waals surface area contributed by atoms with Crippen LogP contribution >= 0.6 is 11.6 Å². The fourth-order valence-electron chi connectivity index (χ4n) is 3.09. The summed E-state index contributed by atoms with van der Waals surface area (Å²) in [5.74, 6) is -0.496. The number of hydrogen-bond donors (Lipinski definition) is 1. The first kappa shape index (κ1) is 16.1. The largest absolute Gasteiger partial charge is 0.466 e. The molecular weight excluding hydrogens is 320 g/mol. The van der Waals surface area contributed by atoms with Crippen molar-refractivity contribution in [3.8, 4) is 0 Å². The molecule has 1 aliphatic heterocycles. The first-order chi connectivity index (χ1) is 11.1. The molecule has 2 aromatic rings. The van der Waals surface area contributed by atoms with Gasteiger partial charge in [0.2, 0.25) is 0 Å². The fraction of sp³-hybridized carbons (Fsp3) is 0.500. The van der Waals surface area contributed by atoms with E-state index in [1.54, 1.807) is 22.8 Å². The van der Waals surface area contributed by atoms with Crippen LogP contribution in [0.25, 0.3) is 11.1 Å². The van der Waals surface area contributed by atoms with Crippen molar-refractivity contribution < 1.29 is 18.8 Å². The monoisotopic (exact) mass is 339 g/mol. The highest BCUT2D eigenvalue weighted by molar-refractivity contribution is 6.31. The van der Waals surface area contributed by atoms with E-state index in [4.69, 9.17) is 20.8 Å². The molecule has 0 spiro atoms. The van der Waals surface area contributed by atoms with E-state index in [0.29, 0.717) is 23.9 Å². The average molecular weight is 340 g/mol. The van der Waals surface area contributed by atoms with Gasteiger partial charge in [0.05, 0.1) is 31.1 Å². The van der Waals surface area contributed by atoms with Crippen molar-refractivity contribution in [2.24, 2.45) is 5.92 Å². The summed E-state index contributed by atoms with van der Waals surface area (Å²) in [5, 5.41) is 0.543. The number of carbonyl (C=O) groups excluding carboxylic acids is 1. The third-order valence-corrected chi connectivity index (χ3v) is 4.56. The molecule has 1 N–H and O–H groups in total. The Hall–Kier alpha value is -1.79. The summed E-state index contributed by atoms with van der Waals surface area (Å²) >= 11 is 5.92. The molecule has 23 heavy (non-hydrogen) atoms. The van der Waals surface area contributed by atoms with Crippen LogP contribution in [0.15, 0.2) is 27.4 Å². The van der Waals surface area contributed by atoms with Crippen molar-refractivity contribution in [2.75, 3.05) is 19.7 Å². The number of likely N-dealkylation sites (tertiary alicyclic amines) is 1. The van der Waals surface area contributed by atoms with E-state index in [1.165, 1.54) is 4.90 Å². The van der Waals surface area contributed by atoms with E-state index in [9.17, 15) is 9.59 Å². The van der Waals surface area contributed by atoms with E-state index in [-0.39, 0.29) is 17.6 Å². The lowest BCUT2D eigenvalue weighted by Crippen LogP contribution is -3.12. The molecule has 1 saturated heterocycles. The van der Waals surface area contributed by atoms with Gasteiger partial charge in [0.1, 0.15) is 0 Å². The van der Waals surface area contributed by atoms with E-state index in [2.05, 4.69) is 0 Å². The highest BCUT2D eigenvalue weighted by Crippen LogP contribution is 2.18. The maximum atomic E-state index is 12.0. The lowest BCUT2D eigenvalue weighted by atomic mass is 9.97. The van der Waals surface area contributed by atoms with Gasteiger partial charge < -0.3 is 14.1 Å². The van der Waals surface area contributed by atoms with Crippen molar-refractivity contribution >= 4 is 28.7 Å². The molecule has 0 bridgehead atoms. The minimum atomic E-state index is -0.373. The molecule has 1 aromatic heterocycles. The molecule has 0 saturated carbocycles. The van der Waals surface area contributed by atoms with Gasteiger partial charge in [-0.25, -0.2) is 9.36 Å². The maximum absolute atomic E-state index is 12.0.